The standard InChI is InChI=1S/C14H12Cl2OS/c1-9(17)10-6-7-14(12(16)8-10)18-13-5-3-2-4-11(13)15/h2-9,17H,1H3/t9-/m1/s1. The minimum absolute atomic E-state index is 0.512. The van der Waals surface area contributed by atoms with Crippen molar-refractivity contribution in [3.8, 4) is 0 Å². The van der Waals surface area contributed by atoms with Crippen LogP contribution in [-0.4, -0.2) is 5.11 Å². The zero-order valence-corrected chi connectivity index (χ0v) is 12.1. The van der Waals surface area contributed by atoms with E-state index in [0.717, 1.165) is 15.4 Å². The quantitative estimate of drug-likeness (QED) is 0.840. The molecule has 18 heavy (non-hydrogen) atoms. The van der Waals surface area contributed by atoms with Crippen molar-refractivity contribution in [2.24, 2.45) is 0 Å². The van der Waals surface area contributed by atoms with Gasteiger partial charge in [-0.2, -0.15) is 0 Å². The largest absolute Gasteiger partial charge is 0.389 e. The second kappa shape index (κ2) is 5.98. The Morgan fingerprint density at radius 2 is 1.67 bits per heavy atom. The van der Waals surface area contributed by atoms with Crippen molar-refractivity contribution < 1.29 is 5.11 Å². The fraction of sp³-hybridized carbons (Fsp3) is 0.143. The van der Waals surface area contributed by atoms with E-state index in [4.69, 9.17) is 23.2 Å². The van der Waals surface area contributed by atoms with Crippen LogP contribution in [-0.2, 0) is 0 Å². The molecule has 0 aliphatic rings. The third-order valence-corrected chi connectivity index (χ3v) is 4.51. The molecule has 2 rings (SSSR count). The maximum Gasteiger partial charge on any atom is 0.0762 e. The zero-order chi connectivity index (χ0) is 13.1. The van der Waals surface area contributed by atoms with Crippen LogP contribution >= 0.6 is 35.0 Å². The van der Waals surface area contributed by atoms with Gasteiger partial charge in [0.25, 0.3) is 0 Å². The molecule has 0 aliphatic carbocycles. The van der Waals surface area contributed by atoms with Gasteiger partial charge in [0.15, 0.2) is 0 Å². The van der Waals surface area contributed by atoms with E-state index in [1.165, 1.54) is 11.8 Å². The number of aliphatic hydroxyl groups excluding tert-OH is 1. The molecule has 0 aromatic heterocycles. The third-order valence-electron chi connectivity index (χ3n) is 2.49. The predicted octanol–water partition coefficient (Wildman–Crippen LogP) is 5.20. The smallest absolute Gasteiger partial charge is 0.0762 e. The summed E-state index contributed by atoms with van der Waals surface area (Å²) < 4.78 is 0. The number of halogens is 2. The average molecular weight is 299 g/mol. The maximum absolute atomic E-state index is 9.49. The lowest BCUT2D eigenvalue weighted by atomic mass is 10.1. The van der Waals surface area contributed by atoms with E-state index in [1.54, 1.807) is 13.0 Å². The van der Waals surface area contributed by atoms with Crippen LogP contribution < -0.4 is 0 Å². The number of hydrogen-bond donors (Lipinski definition) is 1. The van der Waals surface area contributed by atoms with Crippen molar-refractivity contribution in [1.29, 1.82) is 0 Å². The van der Waals surface area contributed by atoms with Crippen LogP contribution in [0.4, 0.5) is 0 Å². The molecule has 1 atom stereocenters. The Hall–Kier alpha value is -0.670. The van der Waals surface area contributed by atoms with Gasteiger partial charge in [0.1, 0.15) is 0 Å². The fourth-order valence-corrected chi connectivity index (χ4v) is 2.90. The van der Waals surface area contributed by atoms with Crippen molar-refractivity contribution in [3.05, 3.63) is 58.1 Å². The van der Waals surface area contributed by atoms with Gasteiger partial charge in [0.2, 0.25) is 0 Å². The Labute approximate surface area is 121 Å². The van der Waals surface area contributed by atoms with Gasteiger partial charge in [0, 0.05) is 9.79 Å². The highest BCUT2D eigenvalue weighted by molar-refractivity contribution is 7.99. The van der Waals surface area contributed by atoms with Crippen LogP contribution in [0, 0.1) is 0 Å². The van der Waals surface area contributed by atoms with Gasteiger partial charge in [-0.1, -0.05) is 53.2 Å². The molecule has 0 aliphatic heterocycles. The van der Waals surface area contributed by atoms with Gasteiger partial charge in [0.05, 0.1) is 16.1 Å². The molecule has 4 heteroatoms. The Morgan fingerprint density at radius 3 is 2.28 bits per heavy atom. The molecule has 0 saturated carbocycles. The molecule has 0 spiro atoms. The van der Waals surface area contributed by atoms with Crippen LogP contribution in [0.1, 0.15) is 18.6 Å². The van der Waals surface area contributed by atoms with Crippen molar-refractivity contribution in [2.75, 3.05) is 0 Å². The SMILES string of the molecule is C[C@@H](O)c1ccc(Sc2ccccc2Cl)c(Cl)c1. The molecule has 0 heterocycles. The van der Waals surface area contributed by atoms with Crippen LogP contribution in [0.2, 0.25) is 10.0 Å². The first-order valence-electron chi connectivity index (χ1n) is 5.48. The summed E-state index contributed by atoms with van der Waals surface area (Å²) in [4.78, 5) is 1.89. The van der Waals surface area contributed by atoms with E-state index >= 15 is 0 Å². The van der Waals surface area contributed by atoms with Crippen molar-refractivity contribution in [1.82, 2.24) is 0 Å². The predicted molar refractivity (Wildman–Crippen MR) is 77.7 cm³/mol. The van der Waals surface area contributed by atoms with Gasteiger partial charge < -0.3 is 5.11 Å². The molecule has 1 nitrogen and oxygen atoms in total. The fourth-order valence-electron chi connectivity index (χ4n) is 1.51. The monoisotopic (exact) mass is 298 g/mol. The summed E-state index contributed by atoms with van der Waals surface area (Å²) in [7, 11) is 0. The number of rotatable bonds is 3. The molecule has 2 aromatic carbocycles. The van der Waals surface area contributed by atoms with Crippen LogP contribution in [0.15, 0.2) is 52.3 Å². The van der Waals surface area contributed by atoms with Crippen molar-refractivity contribution >= 4 is 35.0 Å². The summed E-state index contributed by atoms with van der Waals surface area (Å²) in [5.41, 5.74) is 0.809. The minimum Gasteiger partial charge on any atom is -0.389 e. The van der Waals surface area contributed by atoms with E-state index in [2.05, 4.69) is 0 Å². The molecule has 2 aromatic rings. The highest BCUT2D eigenvalue weighted by Crippen LogP contribution is 2.37. The molecule has 0 amide bonds. The highest BCUT2D eigenvalue weighted by Gasteiger charge is 2.08. The number of benzene rings is 2. The minimum atomic E-state index is -0.512. The van der Waals surface area contributed by atoms with E-state index in [0.29, 0.717) is 10.0 Å². The summed E-state index contributed by atoms with van der Waals surface area (Å²) >= 11 is 13.8. The normalized spacial score (nSPS) is 12.4. The first kappa shape index (κ1) is 13.8. The van der Waals surface area contributed by atoms with Crippen LogP contribution in [0.25, 0.3) is 0 Å². The highest BCUT2D eigenvalue weighted by atomic mass is 35.5. The first-order valence-corrected chi connectivity index (χ1v) is 7.05. The molecular formula is C14H12Cl2OS. The Morgan fingerprint density at radius 1 is 1.00 bits per heavy atom. The molecule has 0 radical (unpaired) electrons. The Kier molecular flexibility index (Phi) is 4.57. The summed E-state index contributed by atoms with van der Waals surface area (Å²) in [6.07, 6.45) is -0.512. The summed E-state index contributed by atoms with van der Waals surface area (Å²) in [6.45, 7) is 1.71. The average Bonchev–Trinajstić information content (AvgIpc) is 2.34. The van der Waals surface area contributed by atoms with Gasteiger partial charge in [-0.3, -0.25) is 0 Å². The van der Waals surface area contributed by atoms with Crippen molar-refractivity contribution in [2.45, 2.75) is 22.8 Å². The molecule has 0 fully saturated rings. The van der Waals surface area contributed by atoms with Gasteiger partial charge >= 0.3 is 0 Å². The van der Waals surface area contributed by atoms with E-state index in [-0.39, 0.29) is 0 Å². The third kappa shape index (κ3) is 3.21. The van der Waals surface area contributed by atoms with Gasteiger partial charge in [-0.25, -0.2) is 0 Å². The molecule has 0 bridgehead atoms. The lowest BCUT2D eigenvalue weighted by molar-refractivity contribution is 0.199. The molecule has 0 unspecified atom stereocenters. The first-order chi connectivity index (χ1) is 8.58. The molecule has 94 valence electrons. The van der Waals surface area contributed by atoms with Gasteiger partial charge in [-0.15, -0.1) is 0 Å². The zero-order valence-electron chi connectivity index (χ0n) is 9.73. The topological polar surface area (TPSA) is 20.2 Å². The molecular weight excluding hydrogens is 287 g/mol. The lowest BCUT2D eigenvalue weighted by Gasteiger charge is -2.09. The van der Waals surface area contributed by atoms with Crippen LogP contribution in [0.5, 0.6) is 0 Å². The summed E-state index contributed by atoms with van der Waals surface area (Å²) in [5, 5.41) is 10.8. The van der Waals surface area contributed by atoms with Crippen molar-refractivity contribution in [3.63, 3.8) is 0 Å². The number of aliphatic hydroxyl groups is 1. The second-order valence-electron chi connectivity index (χ2n) is 3.90. The summed E-state index contributed by atoms with van der Waals surface area (Å²) in [5.74, 6) is 0. The van der Waals surface area contributed by atoms with E-state index < -0.39 is 6.10 Å². The van der Waals surface area contributed by atoms with E-state index in [9.17, 15) is 5.11 Å². The van der Waals surface area contributed by atoms with Gasteiger partial charge in [-0.05, 0) is 36.8 Å². The number of hydrogen-bond acceptors (Lipinski definition) is 2. The van der Waals surface area contributed by atoms with Crippen LogP contribution in [0.3, 0.4) is 0 Å². The Bertz CT molecular complexity index is 555. The molecule has 0 saturated heterocycles. The van der Waals surface area contributed by atoms with E-state index in [1.807, 2.05) is 36.4 Å². The second-order valence-corrected chi connectivity index (χ2v) is 5.80. The lowest BCUT2D eigenvalue weighted by Crippen LogP contribution is -1.90. The summed E-state index contributed by atoms with van der Waals surface area (Å²) in [6, 6.07) is 13.2. The maximum atomic E-state index is 9.49. The Balaban J connectivity index is 2.28. The molecule has 1 N–H and O–H groups in total.